The quantitative estimate of drug-likeness (QED) is 0.511. The van der Waals surface area contributed by atoms with E-state index < -0.39 is 5.91 Å². The summed E-state index contributed by atoms with van der Waals surface area (Å²) in [6, 6.07) is 15.6. The molecule has 2 aromatic carbocycles. The minimum atomic E-state index is -0.501. The maximum Gasteiger partial charge on any atom is 0.280 e. The third-order valence-corrected chi connectivity index (χ3v) is 3.51. The first-order valence-corrected chi connectivity index (χ1v) is 7.73. The molecule has 0 aliphatic carbocycles. The van der Waals surface area contributed by atoms with Crippen LogP contribution in [-0.2, 0) is 11.3 Å². The van der Waals surface area contributed by atoms with E-state index in [0.717, 1.165) is 4.68 Å². The van der Waals surface area contributed by atoms with E-state index in [4.69, 9.17) is 11.5 Å². The van der Waals surface area contributed by atoms with Gasteiger partial charge in [-0.25, -0.2) is 4.68 Å². The second-order valence-corrected chi connectivity index (χ2v) is 5.47. The van der Waals surface area contributed by atoms with Crippen LogP contribution >= 0.6 is 0 Å². The number of nitrogens with zero attached hydrogens (tertiary/aromatic N) is 3. The van der Waals surface area contributed by atoms with Crippen LogP contribution in [0.25, 0.3) is 0 Å². The molecule has 0 saturated heterocycles. The first-order valence-electron chi connectivity index (χ1n) is 7.73. The lowest BCUT2D eigenvalue weighted by molar-refractivity contribution is -0.116. The summed E-state index contributed by atoms with van der Waals surface area (Å²) >= 11 is 0. The summed E-state index contributed by atoms with van der Waals surface area (Å²) in [5, 5.41) is 12.9. The summed E-state index contributed by atoms with van der Waals surface area (Å²) in [5.41, 5.74) is 13.2. The molecular formula is C17H17N7O2. The van der Waals surface area contributed by atoms with Gasteiger partial charge in [0.25, 0.3) is 5.91 Å². The largest absolute Gasteiger partial charge is 0.399 e. The molecule has 3 rings (SSSR count). The minimum Gasteiger partial charge on any atom is -0.399 e. The molecule has 0 spiro atoms. The number of hydrogen-bond acceptors (Lipinski definition) is 6. The number of aromatic nitrogens is 3. The number of para-hydroxylation sites is 1. The smallest absolute Gasteiger partial charge is 0.280 e. The van der Waals surface area contributed by atoms with Crippen LogP contribution in [0.4, 0.5) is 22.9 Å². The van der Waals surface area contributed by atoms with Gasteiger partial charge in [0, 0.05) is 17.1 Å². The van der Waals surface area contributed by atoms with E-state index in [2.05, 4.69) is 20.9 Å². The molecule has 9 nitrogen and oxygen atoms in total. The zero-order valence-electron chi connectivity index (χ0n) is 13.7. The van der Waals surface area contributed by atoms with Gasteiger partial charge in [-0.3, -0.25) is 9.59 Å². The average Bonchev–Trinajstić information content (AvgIpc) is 2.98. The molecule has 3 aromatic rings. The number of amides is 2. The Bertz CT molecular complexity index is 920. The Morgan fingerprint density at radius 3 is 2.27 bits per heavy atom. The van der Waals surface area contributed by atoms with Gasteiger partial charge in [0.2, 0.25) is 5.91 Å². The molecule has 0 aliphatic rings. The predicted octanol–water partition coefficient (Wildman–Crippen LogP) is 1.33. The first kappa shape index (κ1) is 17.0. The van der Waals surface area contributed by atoms with Gasteiger partial charge in [0.15, 0.2) is 11.5 Å². The van der Waals surface area contributed by atoms with Crippen LogP contribution < -0.4 is 22.1 Å². The van der Waals surface area contributed by atoms with E-state index in [-0.39, 0.29) is 24.0 Å². The number of carbonyl (C=O) groups excluding carboxylic acids is 2. The Kier molecular flexibility index (Phi) is 4.79. The van der Waals surface area contributed by atoms with Crippen molar-refractivity contribution in [3.05, 3.63) is 60.3 Å². The monoisotopic (exact) mass is 351 g/mol. The molecule has 9 heteroatoms. The van der Waals surface area contributed by atoms with Crippen molar-refractivity contribution < 1.29 is 9.59 Å². The fourth-order valence-corrected chi connectivity index (χ4v) is 2.21. The summed E-state index contributed by atoms with van der Waals surface area (Å²) in [6.45, 7) is -0.179. The number of nitrogen functional groups attached to an aromatic ring is 2. The lowest BCUT2D eigenvalue weighted by atomic mass is 10.3. The molecule has 0 bridgehead atoms. The zero-order valence-corrected chi connectivity index (χ0v) is 13.7. The van der Waals surface area contributed by atoms with Gasteiger partial charge < -0.3 is 22.1 Å². The number of hydrogen-bond donors (Lipinski definition) is 4. The van der Waals surface area contributed by atoms with Crippen LogP contribution in [-0.4, -0.2) is 26.8 Å². The number of nitrogens with one attached hydrogen (secondary N) is 2. The lowest BCUT2D eigenvalue weighted by Crippen LogP contribution is -2.21. The van der Waals surface area contributed by atoms with Crippen LogP contribution in [0.1, 0.15) is 10.5 Å². The van der Waals surface area contributed by atoms with Gasteiger partial charge in [-0.15, -0.1) is 5.10 Å². The summed E-state index contributed by atoms with van der Waals surface area (Å²) in [7, 11) is 0. The van der Waals surface area contributed by atoms with Crippen LogP contribution in [0.5, 0.6) is 0 Å². The van der Waals surface area contributed by atoms with E-state index in [1.54, 1.807) is 48.5 Å². The predicted molar refractivity (Wildman–Crippen MR) is 98.3 cm³/mol. The van der Waals surface area contributed by atoms with E-state index in [9.17, 15) is 9.59 Å². The highest BCUT2D eigenvalue weighted by molar-refractivity contribution is 6.05. The van der Waals surface area contributed by atoms with Crippen LogP contribution in [0.15, 0.2) is 54.6 Å². The fourth-order valence-electron chi connectivity index (χ4n) is 2.21. The van der Waals surface area contributed by atoms with Gasteiger partial charge >= 0.3 is 0 Å². The van der Waals surface area contributed by atoms with E-state index >= 15 is 0 Å². The summed E-state index contributed by atoms with van der Waals surface area (Å²) in [4.78, 5) is 24.3. The maximum atomic E-state index is 12.2. The van der Waals surface area contributed by atoms with Gasteiger partial charge in [0.1, 0.15) is 6.54 Å². The Morgan fingerprint density at radius 2 is 1.58 bits per heavy atom. The van der Waals surface area contributed by atoms with Gasteiger partial charge in [-0.1, -0.05) is 23.4 Å². The van der Waals surface area contributed by atoms with Crippen molar-refractivity contribution in [2.24, 2.45) is 0 Å². The molecule has 1 heterocycles. The SMILES string of the molecule is Nc1ccc(NC(=O)Cn2nnc(C(=O)Nc3ccccc3)c2N)cc1. The van der Waals surface area contributed by atoms with Crippen molar-refractivity contribution in [3.63, 3.8) is 0 Å². The molecule has 26 heavy (non-hydrogen) atoms. The molecule has 1 aromatic heterocycles. The minimum absolute atomic E-state index is 0.00545. The summed E-state index contributed by atoms with van der Waals surface area (Å²) in [6.07, 6.45) is 0. The highest BCUT2D eigenvalue weighted by Crippen LogP contribution is 2.13. The molecule has 0 fully saturated rings. The molecule has 132 valence electrons. The zero-order chi connectivity index (χ0) is 18.5. The topological polar surface area (TPSA) is 141 Å². The van der Waals surface area contributed by atoms with Crippen molar-refractivity contribution in [1.82, 2.24) is 15.0 Å². The number of benzene rings is 2. The van der Waals surface area contributed by atoms with Crippen molar-refractivity contribution in [1.29, 1.82) is 0 Å². The number of carbonyl (C=O) groups is 2. The van der Waals surface area contributed by atoms with Crippen LogP contribution in [0.3, 0.4) is 0 Å². The second kappa shape index (κ2) is 7.34. The molecule has 0 atom stereocenters. The van der Waals surface area contributed by atoms with Crippen molar-refractivity contribution in [3.8, 4) is 0 Å². The Balaban J connectivity index is 1.65. The molecule has 0 radical (unpaired) electrons. The third-order valence-electron chi connectivity index (χ3n) is 3.51. The summed E-state index contributed by atoms with van der Waals surface area (Å²) < 4.78 is 1.16. The van der Waals surface area contributed by atoms with Crippen molar-refractivity contribution in [2.45, 2.75) is 6.54 Å². The normalized spacial score (nSPS) is 10.3. The second-order valence-electron chi connectivity index (χ2n) is 5.47. The average molecular weight is 351 g/mol. The van der Waals surface area contributed by atoms with Gasteiger partial charge in [-0.05, 0) is 36.4 Å². The Labute approximate surface area is 149 Å². The Hall–Kier alpha value is -3.88. The molecule has 0 unspecified atom stereocenters. The van der Waals surface area contributed by atoms with E-state index in [0.29, 0.717) is 17.1 Å². The van der Waals surface area contributed by atoms with Crippen LogP contribution in [0.2, 0.25) is 0 Å². The molecule has 0 saturated carbocycles. The van der Waals surface area contributed by atoms with Gasteiger partial charge in [-0.2, -0.15) is 0 Å². The molecule has 2 amide bonds. The summed E-state index contributed by atoms with van der Waals surface area (Å²) in [5.74, 6) is -0.855. The number of nitrogens with two attached hydrogens (primary N) is 2. The number of anilines is 4. The van der Waals surface area contributed by atoms with E-state index in [1.807, 2.05) is 6.07 Å². The maximum absolute atomic E-state index is 12.2. The van der Waals surface area contributed by atoms with Gasteiger partial charge in [0.05, 0.1) is 0 Å². The molecule has 6 N–H and O–H groups in total. The lowest BCUT2D eigenvalue weighted by Gasteiger charge is -2.07. The molecule has 0 aliphatic heterocycles. The first-order chi connectivity index (χ1) is 12.5. The van der Waals surface area contributed by atoms with Crippen LogP contribution in [0, 0.1) is 0 Å². The highest BCUT2D eigenvalue weighted by atomic mass is 16.2. The Morgan fingerprint density at radius 1 is 0.923 bits per heavy atom. The third kappa shape index (κ3) is 3.96. The van der Waals surface area contributed by atoms with Crippen molar-refractivity contribution in [2.75, 3.05) is 22.1 Å². The highest BCUT2D eigenvalue weighted by Gasteiger charge is 2.19. The molecular weight excluding hydrogens is 334 g/mol. The van der Waals surface area contributed by atoms with E-state index in [1.165, 1.54) is 0 Å². The number of rotatable bonds is 5. The van der Waals surface area contributed by atoms with Crippen molar-refractivity contribution >= 4 is 34.7 Å². The fraction of sp³-hybridized carbons (Fsp3) is 0.0588. The standard InChI is InChI=1S/C17H17N7O2/c18-11-6-8-13(9-7-11)20-14(25)10-24-16(19)15(22-23-24)17(26)21-12-4-2-1-3-5-12/h1-9H,10,18-19H2,(H,20,25)(H,21,26).